The van der Waals surface area contributed by atoms with E-state index < -0.39 is 0 Å². The van der Waals surface area contributed by atoms with E-state index in [9.17, 15) is 4.79 Å². The molecule has 1 atom stereocenters. The molecule has 150 valence electrons. The highest BCUT2D eigenvalue weighted by molar-refractivity contribution is 7.98. The number of hydrogen-bond donors (Lipinski definition) is 1. The standard InChI is InChI=1S/C22H30N4OS/c1-4-19-14-20(26-13-7-6-8-16(26)3)25-22(24-19)28-15-17-9-11-18(12-10-17)21(27)23-5-2/h9-12,14,16H,4-8,13,15H2,1-3H3,(H,23,27)/t16-/m1/s1. The third kappa shape index (κ3) is 5.25. The molecular formula is C22H30N4OS. The Morgan fingerprint density at radius 3 is 2.68 bits per heavy atom. The Labute approximate surface area is 172 Å². The molecule has 1 N–H and O–H groups in total. The molecule has 1 aliphatic heterocycles. The maximum Gasteiger partial charge on any atom is 0.251 e. The molecule has 1 aromatic carbocycles. The SMILES string of the molecule is CCNC(=O)c1ccc(CSc2nc(CC)cc(N3CCCC[C@H]3C)n2)cc1. The Kier molecular flexibility index (Phi) is 7.31. The Bertz CT molecular complexity index is 794. The van der Waals surface area contributed by atoms with Gasteiger partial charge >= 0.3 is 0 Å². The van der Waals surface area contributed by atoms with Gasteiger partial charge in [0.05, 0.1) is 0 Å². The molecule has 6 heteroatoms. The summed E-state index contributed by atoms with van der Waals surface area (Å²) in [5.41, 5.74) is 2.95. The summed E-state index contributed by atoms with van der Waals surface area (Å²) < 4.78 is 0. The van der Waals surface area contributed by atoms with Crippen molar-refractivity contribution in [3.63, 3.8) is 0 Å². The molecule has 5 nitrogen and oxygen atoms in total. The van der Waals surface area contributed by atoms with Gasteiger partial charge in [0.15, 0.2) is 5.16 Å². The van der Waals surface area contributed by atoms with Crippen LogP contribution in [0.15, 0.2) is 35.5 Å². The van der Waals surface area contributed by atoms with Gasteiger partial charge in [0, 0.05) is 42.2 Å². The van der Waals surface area contributed by atoms with Crippen LogP contribution in [-0.2, 0) is 12.2 Å². The highest BCUT2D eigenvalue weighted by atomic mass is 32.2. The summed E-state index contributed by atoms with van der Waals surface area (Å²) in [6.45, 7) is 8.06. The molecule has 1 aliphatic rings. The molecule has 0 saturated carbocycles. The van der Waals surface area contributed by atoms with E-state index in [0.717, 1.165) is 41.0 Å². The molecule has 0 aliphatic carbocycles. The summed E-state index contributed by atoms with van der Waals surface area (Å²) >= 11 is 1.66. The normalized spacial score (nSPS) is 16.8. The van der Waals surface area contributed by atoms with E-state index in [-0.39, 0.29) is 5.91 Å². The van der Waals surface area contributed by atoms with Crippen LogP contribution in [-0.4, -0.2) is 35.0 Å². The van der Waals surface area contributed by atoms with Crippen LogP contribution >= 0.6 is 11.8 Å². The van der Waals surface area contributed by atoms with Gasteiger partial charge in [-0.15, -0.1) is 0 Å². The zero-order valence-electron chi connectivity index (χ0n) is 17.1. The molecule has 1 aromatic heterocycles. The van der Waals surface area contributed by atoms with Crippen LogP contribution in [0.2, 0.25) is 0 Å². The first-order valence-corrected chi connectivity index (χ1v) is 11.2. The highest BCUT2D eigenvalue weighted by Gasteiger charge is 2.21. The molecule has 0 radical (unpaired) electrons. The molecule has 0 unspecified atom stereocenters. The number of amides is 1. The maximum atomic E-state index is 11.9. The Hall–Kier alpha value is -2.08. The van der Waals surface area contributed by atoms with Crippen molar-refractivity contribution in [3.05, 3.63) is 47.2 Å². The fourth-order valence-electron chi connectivity index (χ4n) is 3.45. The van der Waals surface area contributed by atoms with Crippen molar-refractivity contribution in [1.82, 2.24) is 15.3 Å². The summed E-state index contributed by atoms with van der Waals surface area (Å²) in [7, 11) is 0. The number of carbonyl (C=O) groups excluding carboxylic acids is 1. The number of anilines is 1. The van der Waals surface area contributed by atoms with Crippen LogP contribution in [0.1, 0.15) is 61.6 Å². The third-order valence-electron chi connectivity index (χ3n) is 5.13. The minimum Gasteiger partial charge on any atom is -0.354 e. The minimum atomic E-state index is -0.0269. The Morgan fingerprint density at radius 2 is 2.00 bits per heavy atom. The van der Waals surface area contributed by atoms with E-state index in [0.29, 0.717) is 18.2 Å². The van der Waals surface area contributed by atoms with Crippen LogP contribution in [0.25, 0.3) is 0 Å². The van der Waals surface area contributed by atoms with Crippen LogP contribution < -0.4 is 10.2 Å². The smallest absolute Gasteiger partial charge is 0.251 e. The zero-order valence-corrected chi connectivity index (χ0v) is 17.9. The van der Waals surface area contributed by atoms with Gasteiger partial charge in [0.1, 0.15) is 5.82 Å². The average Bonchev–Trinajstić information content (AvgIpc) is 2.73. The number of aryl methyl sites for hydroxylation is 1. The van der Waals surface area contributed by atoms with Gasteiger partial charge in [-0.05, 0) is 57.2 Å². The Morgan fingerprint density at radius 1 is 1.21 bits per heavy atom. The third-order valence-corrected chi connectivity index (χ3v) is 6.04. The summed E-state index contributed by atoms with van der Waals surface area (Å²) in [4.78, 5) is 23.9. The molecule has 3 rings (SSSR count). The number of piperidine rings is 1. The lowest BCUT2D eigenvalue weighted by atomic mass is 10.0. The lowest BCUT2D eigenvalue weighted by molar-refractivity contribution is 0.0956. The van der Waals surface area contributed by atoms with E-state index in [4.69, 9.17) is 9.97 Å². The topological polar surface area (TPSA) is 58.1 Å². The molecule has 1 saturated heterocycles. The number of aromatic nitrogens is 2. The molecule has 2 aromatic rings. The first-order valence-electron chi connectivity index (χ1n) is 10.2. The van der Waals surface area contributed by atoms with Crippen molar-refractivity contribution in [1.29, 1.82) is 0 Å². The van der Waals surface area contributed by atoms with Gasteiger partial charge < -0.3 is 10.2 Å². The molecule has 1 fully saturated rings. The van der Waals surface area contributed by atoms with Gasteiger partial charge in [-0.2, -0.15) is 0 Å². The molecular weight excluding hydrogens is 368 g/mol. The van der Waals surface area contributed by atoms with Crippen molar-refractivity contribution < 1.29 is 4.79 Å². The number of nitrogens with one attached hydrogen (secondary N) is 1. The monoisotopic (exact) mass is 398 g/mol. The average molecular weight is 399 g/mol. The van der Waals surface area contributed by atoms with Crippen molar-refractivity contribution in [2.24, 2.45) is 0 Å². The summed E-state index contributed by atoms with van der Waals surface area (Å²) in [6, 6.07) is 10.5. The lowest BCUT2D eigenvalue weighted by Crippen LogP contribution is -2.38. The van der Waals surface area contributed by atoms with Crippen LogP contribution in [0.3, 0.4) is 0 Å². The zero-order chi connectivity index (χ0) is 19.9. The fourth-order valence-corrected chi connectivity index (χ4v) is 4.28. The first kappa shape index (κ1) is 20.6. The molecule has 1 amide bonds. The second kappa shape index (κ2) is 9.92. The van der Waals surface area contributed by atoms with Gasteiger partial charge in [0.2, 0.25) is 0 Å². The predicted molar refractivity (Wildman–Crippen MR) is 116 cm³/mol. The second-order valence-corrected chi connectivity index (χ2v) is 8.18. The van der Waals surface area contributed by atoms with Crippen LogP contribution in [0.5, 0.6) is 0 Å². The largest absolute Gasteiger partial charge is 0.354 e. The van der Waals surface area contributed by atoms with Crippen LogP contribution in [0.4, 0.5) is 5.82 Å². The predicted octanol–water partition coefficient (Wildman–Crippen LogP) is 4.46. The number of hydrogen-bond acceptors (Lipinski definition) is 5. The molecule has 0 bridgehead atoms. The van der Waals surface area contributed by atoms with Gasteiger partial charge in [-0.25, -0.2) is 9.97 Å². The molecule has 0 spiro atoms. The number of nitrogens with zero attached hydrogens (tertiary/aromatic N) is 3. The Balaban J connectivity index is 1.70. The molecule has 2 heterocycles. The lowest BCUT2D eigenvalue weighted by Gasteiger charge is -2.34. The van der Waals surface area contributed by atoms with E-state index in [1.165, 1.54) is 19.3 Å². The van der Waals surface area contributed by atoms with Crippen molar-refractivity contribution in [2.75, 3.05) is 18.0 Å². The van der Waals surface area contributed by atoms with E-state index in [1.54, 1.807) is 11.8 Å². The van der Waals surface area contributed by atoms with E-state index in [1.807, 2.05) is 31.2 Å². The first-order chi connectivity index (χ1) is 13.6. The van der Waals surface area contributed by atoms with E-state index >= 15 is 0 Å². The number of carbonyl (C=O) groups is 1. The molecule has 28 heavy (non-hydrogen) atoms. The van der Waals surface area contributed by atoms with Crippen molar-refractivity contribution >= 4 is 23.5 Å². The number of benzene rings is 1. The summed E-state index contributed by atoms with van der Waals surface area (Å²) in [5, 5.41) is 3.66. The van der Waals surface area contributed by atoms with E-state index in [2.05, 4.69) is 30.1 Å². The van der Waals surface area contributed by atoms with Gasteiger partial charge in [-0.1, -0.05) is 30.8 Å². The number of rotatable bonds is 7. The fraction of sp³-hybridized carbons (Fsp3) is 0.500. The summed E-state index contributed by atoms with van der Waals surface area (Å²) in [5.74, 6) is 1.83. The summed E-state index contributed by atoms with van der Waals surface area (Å²) in [6.07, 6.45) is 4.67. The van der Waals surface area contributed by atoms with Crippen molar-refractivity contribution in [2.45, 2.75) is 63.4 Å². The second-order valence-electron chi connectivity index (χ2n) is 7.24. The van der Waals surface area contributed by atoms with Gasteiger partial charge in [0.25, 0.3) is 5.91 Å². The van der Waals surface area contributed by atoms with Gasteiger partial charge in [-0.3, -0.25) is 4.79 Å². The maximum absolute atomic E-state index is 11.9. The van der Waals surface area contributed by atoms with Crippen molar-refractivity contribution in [3.8, 4) is 0 Å². The number of thioether (sulfide) groups is 1. The highest BCUT2D eigenvalue weighted by Crippen LogP contribution is 2.27. The minimum absolute atomic E-state index is 0.0269. The quantitative estimate of drug-likeness (QED) is 0.551. The van der Waals surface area contributed by atoms with Crippen LogP contribution in [0, 0.1) is 0 Å².